The molecule has 0 fully saturated rings. The Morgan fingerprint density at radius 3 is 3.00 bits per heavy atom. The summed E-state index contributed by atoms with van der Waals surface area (Å²) in [5.74, 6) is 0. The molecule has 0 spiro atoms. The van der Waals surface area contributed by atoms with E-state index >= 15 is 0 Å². The molecule has 0 unspecified atom stereocenters. The topological polar surface area (TPSA) is 36.7 Å². The van der Waals surface area contributed by atoms with Crippen molar-refractivity contribution in [1.29, 1.82) is 5.26 Å². The summed E-state index contributed by atoms with van der Waals surface area (Å²) >= 11 is 0. The van der Waals surface area contributed by atoms with Gasteiger partial charge < -0.3 is 0 Å². The van der Waals surface area contributed by atoms with E-state index in [4.69, 9.17) is 5.26 Å². The molecule has 2 nitrogen and oxygen atoms in total. The molecule has 1 radical (unpaired) electrons. The molecule has 0 saturated heterocycles. The summed E-state index contributed by atoms with van der Waals surface area (Å²) in [5.41, 5.74) is 1.18. The van der Waals surface area contributed by atoms with Gasteiger partial charge in [0.2, 0.25) is 0 Å². The van der Waals surface area contributed by atoms with Gasteiger partial charge >= 0.3 is 0 Å². The van der Waals surface area contributed by atoms with Crippen molar-refractivity contribution < 1.29 is 0 Å². The molecule has 0 atom stereocenters. The molecule has 55 valence electrons. The number of pyridine rings is 1. The zero-order valence-electron chi connectivity index (χ0n) is 6.28. The Kier molecular flexibility index (Phi) is 1.49. The highest BCUT2D eigenvalue weighted by Crippen LogP contribution is 2.10. The van der Waals surface area contributed by atoms with Crippen molar-refractivity contribution in [1.82, 2.24) is 4.98 Å². The summed E-state index contributed by atoms with van der Waals surface area (Å²) < 4.78 is 0. The second-order valence-electron chi connectivity index (χ2n) is 2.42. The van der Waals surface area contributed by atoms with Gasteiger partial charge in [0.15, 0.2) is 0 Å². The van der Waals surface area contributed by atoms with Crippen molar-refractivity contribution in [3.63, 3.8) is 0 Å². The van der Waals surface area contributed by atoms with Crippen LogP contribution in [-0.2, 0) is 0 Å². The van der Waals surface area contributed by atoms with Crippen LogP contribution in [0.25, 0.3) is 10.9 Å². The van der Waals surface area contributed by atoms with Gasteiger partial charge in [-0.15, -0.1) is 0 Å². The monoisotopic (exact) mass is 153 g/mol. The van der Waals surface area contributed by atoms with Crippen molar-refractivity contribution in [2.24, 2.45) is 0 Å². The molecule has 12 heavy (non-hydrogen) atoms. The molecule has 0 saturated carbocycles. The van der Waals surface area contributed by atoms with Gasteiger partial charge in [-0.2, -0.15) is 5.26 Å². The van der Waals surface area contributed by atoms with E-state index in [1.165, 1.54) is 0 Å². The number of aromatic nitrogens is 1. The normalized spacial score (nSPS) is 9.58. The molecule has 1 aromatic heterocycles. The van der Waals surface area contributed by atoms with E-state index in [9.17, 15) is 0 Å². The number of benzene rings is 1. The third-order valence-electron chi connectivity index (χ3n) is 1.64. The summed E-state index contributed by atoms with van der Waals surface area (Å²) in [4.78, 5) is 4.08. The lowest BCUT2D eigenvalue weighted by Gasteiger charge is -1.94. The zero-order chi connectivity index (χ0) is 8.39. The van der Waals surface area contributed by atoms with E-state index in [2.05, 4.69) is 11.1 Å². The molecule has 2 aromatic rings. The number of fused-ring (bicyclic) bond motifs is 1. The lowest BCUT2D eigenvalue weighted by atomic mass is 10.2. The Bertz CT molecular complexity index is 455. The molecule has 0 amide bonds. The molecule has 0 bridgehead atoms. The van der Waals surface area contributed by atoms with Crippen LogP contribution >= 0.6 is 0 Å². The third-order valence-corrected chi connectivity index (χ3v) is 1.64. The Morgan fingerprint density at radius 2 is 2.17 bits per heavy atom. The largest absolute Gasteiger partial charge is 0.236 e. The molecule has 0 N–H and O–H groups in total. The van der Waals surface area contributed by atoms with Crippen LogP contribution in [0, 0.1) is 17.4 Å². The van der Waals surface area contributed by atoms with E-state index in [0.717, 1.165) is 10.9 Å². The van der Waals surface area contributed by atoms with Crippen molar-refractivity contribution in [3.05, 3.63) is 42.1 Å². The highest BCUT2D eigenvalue weighted by atomic mass is 14.7. The first kappa shape index (κ1) is 6.81. The minimum Gasteiger partial charge on any atom is -0.236 e. The van der Waals surface area contributed by atoms with Crippen molar-refractivity contribution in [2.75, 3.05) is 0 Å². The van der Waals surface area contributed by atoms with Crippen LogP contribution in [-0.4, -0.2) is 4.98 Å². The molecular weight excluding hydrogens is 148 g/mol. The number of rotatable bonds is 0. The third kappa shape index (κ3) is 1.02. The minimum atomic E-state index is 0.341. The maximum Gasteiger partial charge on any atom is 0.149 e. The average Bonchev–Trinajstić information content (AvgIpc) is 2.17. The SMILES string of the molecule is N#Cc1[c]cc2ccccc2n1. The summed E-state index contributed by atoms with van der Waals surface area (Å²) in [7, 11) is 0. The smallest absolute Gasteiger partial charge is 0.149 e. The predicted molar refractivity (Wildman–Crippen MR) is 45.3 cm³/mol. The van der Waals surface area contributed by atoms with Gasteiger partial charge in [0.25, 0.3) is 0 Å². The molecule has 1 heterocycles. The molecule has 0 aliphatic heterocycles. The van der Waals surface area contributed by atoms with E-state index < -0.39 is 0 Å². The molecule has 0 aliphatic carbocycles. The fraction of sp³-hybridized carbons (Fsp3) is 0. The summed E-state index contributed by atoms with van der Waals surface area (Å²) in [5, 5.41) is 9.56. The number of para-hydroxylation sites is 1. The Morgan fingerprint density at radius 1 is 1.33 bits per heavy atom. The second kappa shape index (κ2) is 2.63. The summed E-state index contributed by atoms with van der Waals surface area (Å²) in [6, 6.07) is 14.2. The standard InChI is InChI=1S/C10H5N2/c11-7-9-6-5-8-3-1-2-4-10(8)12-9/h1-5H. The van der Waals surface area contributed by atoms with Crippen molar-refractivity contribution >= 4 is 10.9 Å². The lowest BCUT2D eigenvalue weighted by Crippen LogP contribution is -1.83. The molecule has 1 aromatic carbocycles. The maximum atomic E-state index is 8.55. The Hall–Kier alpha value is -1.88. The number of nitriles is 1. The van der Waals surface area contributed by atoms with Crippen LogP contribution in [0.15, 0.2) is 30.3 Å². The quantitative estimate of drug-likeness (QED) is 0.579. The zero-order valence-corrected chi connectivity index (χ0v) is 6.28. The average molecular weight is 153 g/mol. The highest BCUT2D eigenvalue weighted by Gasteiger charge is 1.94. The van der Waals surface area contributed by atoms with Crippen molar-refractivity contribution in [3.8, 4) is 6.07 Å². The van der Waals surface area contributed by atoms with Crippen LogP contribution in [0.1, 0.15) is 5.69 Å². The van der Waals surface area contributed by atoms with Gasteiger partial charge in [-0.3, -0.25) is 0 Å². The van der Waals surface area contributed by atoms with Crippen LogP contribution in [0.4, 0.5) is 0 Å². The van der Waals surface area contributed by atoms with Crippen molar-refractivity contribution in [2.45, 2.75) is 0 Å². The number of hydrogen-bond acceptors (Lipinski definition) is 2. The molecular formula is C10H5N2. The van der Waals surface area contributed by atoms with Gasteiger partial charge in [0.1, 0.15) is 11.8 Å². The maximum absolute atomic E-state index is 8.55. The first-order valence-corrected chi connectivity index (χ1v) is 3.58. The number of nitrogens with zero attached hydrogens (tertiary/aromatic N) is 2. The summed E-state index contributed by atoms with van der Waals surface area (Å²) in [6.45, 7) is 0. The first-order valence-electron chi connectivity index (χ1n) is 3.58. The van der Waals surface area contributed by atoms with E-state index in [0.29, 0.717) is 5.69 Å². The van der Waals surface area contributed by atoms with Crippen LogP contribution in [0.3, 0.4) is 0 Å². The fourth-order valence-electron chi connectivity index (χ4n) is 1.07. The highest BCUT2D eigenvalue weighted by molar-refractivity contribution is 5.78. The van der Waals surface area contributed by atoms with Gasteiger partial charge in [-0.05, 0) is 12.1 Å². The van der Waals surface area contributed by atoms with Gasteiger partial charge in [0.05, 0.1) is 5.52 Å². The molecule has 2 rings (SSSR count). The lowest BCUT2D eigenvalue weighted by molar-refractivity contribution is 1.32. The van der Waals surface area contributed by atoms with E-state index in [1.807, 2.05) is 30.3 Å². The van der Waals surface area contributed by atoms with E-state index in [1.54, 1.807) is 6.07 Å². The predicted octanol–water partition coefficient (Wildman–Crippen LogP) is 1.91. The first-order chi connectivity index (χ1) is 5.90. The molecule has 2 heteroatoms. The van der Waals surface area contributed by atoms with Crippen LogP contribution in [0.5, 0.6) is 0 Å². The fourth-order valence-corrected chi connectivity index (χ4v) is 1.07. The van der Waals surface area contributed by atoms with Gasteiger partial charge in [-0.1, -0.05) is 18.2 Å². The van der Waals surface area contributed by atoms with Gasteiger partial charge in [0, 0.05) is 11.5 Å². The van der Waals surface area contributed by atoms with E-state index in [-0.39, 0.29) is 0 Å². The van der Waals surface area contributed by atoms with Gasteiger partial charge in [-0.25, -0.2) is 4.98 Å². The second-order valence-corrected chi connectivity index (χ2v) is 2.42. The summed E-state index contributed by atoms with van der Waals surface area (Å²) in [6.07, 6.45) is 0. The Balaban J connectivity index is 2.78. The van der Waals surface area contributed by atoms with Crippen LogP contribution < -0.4 is 0 Å². The van der Waals surface area contributed by atoms with Crippen LogP contribution in [0.2, 0.25) is 0 Å². The minimum absolute atomic E-state index is 0.341. The number of hydrogen-bond donors (Lipinski definition) is 0. The Labute approximate surface area is 70.1 Å². The molecule has 0 aliphatic rings.